The molecule has 0 saturated carbocycles. The molecule has 0 fully saturated rings. The Kier molecular flexibility index (Phi) is 5.03. The summed E-state index contributed by atoms with van der Waals surface area (Å²) in [5.74, 6) is -0.100. The molecule has 0 aliphatic heterocycles. The van der Waals surface area contributed by atoms with Gasteiger partial charge in [-0.3, -0.25) is 0 Å². The van der Waals surface area contributed by atoms with Crippen molar-refractivity contribution in [2.45, 2.75) is 6.04 Å². The summed E-state index contributed by atoms with van der Waals surface area (Å²) in [6.07, 6.45) is 1.66. The molecule has 5 heteroatoms. The number of thiol groups is 1. The van der Waals surface area contributed by atoms with E-state index in [0.29, 0.717) is 5.75 Å². The van der Waals surface area contributed by atoms with Crippen molar-refractivity contribution in [1.29, 1.82) is 0 Å². The van der Waals surface area contributed by atoms with Crippen molar-refractivity contribution in [2.24, 2.45) is 5.73 Å². The molecular weight excluding hydrogens is 158 g/mol. The first-order valence-corrected chi connectivity index (χ1v) is 4.11. The molecule has 0 rings (SSSR count). The van der Waals surface area contributed by atoms with E-state index in [1.54, 1.807) is 6.26 Å². The summed E-state index contributed by atoms with van der Waals surface area (Å²) in [6, 6.07) is -0.596. The Morgan fingerprint density at radius 2 is 2.56 bits per heavy atom. The molecule has 1 atom stereocenters. The molecule has 3 nitrogen and oxygen atoms in total. The lowest BCUT2D eigenvalue weighted by atomic mass is 10.4. The van der Waals surface area contributed by atoms with Crippen LogP contribution < -0.4 is 5.73 Å². The van der Waals surface area contributed by atoms with Gasteiger partial charge in [0.1, 0.15) is 6.04 Å². The molecular formula is C4H9NO2S2. The van der Waals surface area contributed by atoms with E-state index in [1.165, 1.54) is 0 Å². The fraction of sp³-hybridized carbons (Fsp3) is 0.750. The van der Waals surface area contributed by atoms with E-state index in [4.69, 9.17) is 5.73 Å². The molecule has 9 heavy (non-hydrogen) atoms. The third kappa shape index (κ3) is 3.66. The highest BCUT2D eigenvalue weighted by Crippen LogP contribution is 1.98. The van der Waals surface area contributed by atoms with Gasteiger partial charge >= 0.3 is 5.97 Å². The minimum atomic E-state index is -0.596. The molecule has 0 spiro atoms. The van der Waals surface area contributed by atoms with Gasteiger partial charge in [-0.15, -0.1) is 0 Å². The average molecular weight is 167 g/mol. The predicted molar refractivity (Wildman–Crippen MR) is 41.4 cm³/mol. The number of carbonyl (C=O) groups is 1. The maximum absolute atomic E-state index is 10.6. The Labute approximate surface area is 63.9 Å². The Bertz CT molecular complexity index is 98.6. The third-order valence-electron chi connectivity index (χ3n) is 0.665. The van der Waals surface area contributed by atoms with Gasteiger partial charge in [0.2, 0.25) is 0 Å². The van der Waals surface area contributed by atoms with Crippen LogP contribution in [0.25, 0.3) is 0 Å². The third-order valence-corrected chi connectivity index (χ3v) is 1.39. The quantitative estimate of drug-likeness (QED) is 0.461. The Hall–Kier alpha value is 0.130. The van der Waals surface area contributed by atoms with Crippen molar-refractivity contribution < 1.29 is 8.98 Å². The van der Waals surface area contributed by atoms with Gasteiger partial charge in [-0.1, -0.05) is 0 Å². The van der Waals surface area contributed by atoms with E-state index in [0.717, 1.165) is 12.0 Å². The molecule has 0 unspecified atom stereocenters. The molecule has 0 aliphatic carbocycles. The van der Waals surface area contributed by atoms with Crippen LogP contribution in [0.1, 0.15) is 0 Å². The SMILES string of the molecule is CSOC(=O)[C@@H](N)CS. The molecule has 0 aromatic heterocycles. The van der Waals surface area contributed by atoms with Crippen LogP contribution in [0.15, 0.2) is 0 Å². The molecule has 54 valence electrons. The number of hydrogen-bond acceptors (Lipinski definition) is 5. The van der Waals surface area contributed by atoms with Gasteiger partial charge in [-0.05, 0) is 0 Å². The normalized spacial score (nSPS) is 12.8. The van der Waals surface area contributed by atoms with Crippen molar-refractivity contribution in [2.75, 3.05) is 12.0 Å². The van der Waals surface area contributed by atoms with Crippen LogP contribution in [0.3, 0.4) is 0 Å². The van der Waals surface area contributed by atoms with Crippen molar-refractivity contribution in [3.05, 3.63) is 0 Å². The van der Waals surface area contributed by atoms with Crippen LogP contribution >= 0.6 is 24.7 Å². The smallest absolute Gasteiger partial charge is 0.335 e. The fourth-order valence-corrected chi connectivity index (χ4v) is 0.655. The van der Waals surface area contributed by atoms with Gasteiger partial charge in [0.15, 0.2) is 0 Å². The largest absolute Gasteiger partial charge is 0.390 e. The summed E-state index contributed by atoms with van der Waals surface area (Å²) in [6.45, 7) is 0. The first-order valence-electron chi connectivity index (χ1n) is 2.33. The second kappa shape index (κ2) is 4.96. The summed E-state index contributed by atoms with van der Waals surface area (Å²) in [7, 11) is 0. The minimum absolute atomic E-state index is 0.319. The highest BCUT2D eigenvalue weighted by molar-refractivity contribution is 7.94. The summed E-state index contributed by atoms with van der Waals surface area (Å²) < 4.78 is 4.50. The van der Waals surface area contributed by atoms with Crippen molar-refractivity contribution in [3.8, 4) is 0 Å². The first-order chi connectivity index (χ1) is 4.22. The zero-order valence-corrected chi connectivity index (χ0v) is 6.74. The van der Waals surface area contributed by atoms with E-state index in [1.807, 2.05) is 0 Å². The van der Waals surface area contributed by atoms with Crippen LogP contribution in [0, 0.1) is 0 Å². The lowest BCUT2D eigenvalue weighted by molar-refractivity contribution is -0.133. The fourth-order valence-electron chi connectivity index (χ4n) is 0.218. The maximum atomic E-state index is 10.6. The van der Waals surface area contributed by atoms with Crippen molar-refractivity contribution in [3.63, 3.8) is 0 Å². The molecule has 0 heterocycles. The monoisotopic (exact) mass is 167 g/mol. The number of carbonyl (C=O) groups excluding carboxylic acids is 1. The Morgan fingerprint density at radius 1 is 2.00 bits per heavy atom. The van der Waals surface area contributed by atoms with Crippen molar-refractivity contribution in [1.82, 2.24) is 0 Å². The van der Waals surface area contributed by atoms with E-state index in [9.17, 15) is 4.79 Å². The molecule has 0 amide bonds. The lowest BCUT2D eigenvalue weighted by Crippen LogP contribution is -2.32. The first kappa shape index (κ1) is 9.13. The molecule has 0 saturated heterocycles. The highest BCUT2D eigenvalue weighted by atomic mass is 32.2. The van der Waals surface area contributed by atoms with Crippen LogP contribution in [0.4, 0.5) is 0 Å². The molecule has 0 radical (unpaired) electrons. The topological polar surface area (TPSA) is 52.3 Å². The molecule has 0 aliphatic rings. The van der Waals surface area contributed by atoms with Gasteiger partial charge < -0.3 is 9.92 Å². The van der Waals surface area contributed by atoms with E-state index < -0.39 is 12.0 Å². The van der Waals surface area contributed by atoms with Crippen LogP contribution in [-0.4, -0.2) is 24.0 Å². The summed E-state index contributed by atoms with van der Waals surface area (Å²) in [5.41, 5.74) is 5.24. The molecule has 2 N–H and O–H groups in total. The predicted octanol–water partition coefficient (Wildman–Crippen LogP) is 0.0647. The van der Waals surface area contributed by atoms with E-state index >= 15 is 0 Å². The van der Waals surface area contributed by atoms with Gasteiger partial charge in [0.05, 0.1) is 12.0 Å². The van der Waals surface area contributed by atoms with Gasteiger partial charge in [-0.25, -0.2) is 4.79 Å². The zero-order valence-electron chi connectivity index (χ0n) is 5.03. The Morgan fingerprint density at radius 3 is 2.89 bits per heavy atom. The number of rotatable bonds is 3. The lowest BCUT2D eigenvalue weighted by Gasteiger charge is -2.03. The zero-order chi connectivity index (χ0) is 7.28. The minimum Gasteiger partial charge on any atom is -0.390 e. The standard InChI is InChI=1S/C4H9NO2S2/c1-9-7-4(6)3(5)2-8/h3,8H,2,5H2,1H3/t3-/m0/s1. The summed E-state index contributed by atoms with van der Waals surface area (Å²) >= 11 is 4.80. The van der Waals surface area contributed by atoms with Crippen LogP contribution in [-0.2, 0) is 8.98 Å². The molecule has 0 aromatic carbocycles. The van der Waals surface area contributed by atoms with Crippen LogP contribution in [0.5, 0.6) is 0 Å². The second-order valence-corrected chi connectivity index (χ2v) is 2.22. The maximum Gasteiger partial charge on any atom is 0.335 e. The van der Waals surface area contributed by atoms with E-state index in [2.05, 4.69) is 16.8 Å². The van der Waals surface area contributed by atoms with Gasteiger partial charge in [0.25, 0.3) is 0 Å². The second-order valence-electron chi connectivity index (χ2n) is 1.36. The summed E-state index contributed by atoms with van der Waals surface area (Å²) in [4.78, 5) is 10.6. The Balaban J connectivity index is 3.46. The highest BCUT2D eigenvalue weighted by Gasteiger charge is 2.11. The van der Waals surface area contributed by atoms with Gasteiger partial charge in [0, 0.05) is 12.0 Å². The summed E-state index contributed by atoms with van der Waals surface area (Å²) in [5, 5.41) is 0. The molecule has 0 bridgehead atoms. The number of nitrogens with two attached hydrogens (primary N) is 1. The van der Waals surface area contributed by atoms with Gasteiger partial charge in [-0.2, -0.15) is 12.6 Å². The van der Waals surface area contributed by atoms with Crippen LogP contribution in [0.2, 0.25) is 0 Å². The average Bonchev–Trinajstić information content (AvgIpc) is 1.87. The van der Waals surface area contributed by atoms with Crippen molar-refractivity contribution >= 4 is 30.6 Å². The van der Waals surface area contributed by atoms with E-state index in [-0.39, 0.29) is 0 Å². The molecule has 0 aromatic rings. The number of hydrogen-bond donors (Lipinski definition) is 2.